The number of carbonyl (C=O) groups excluding carboxylic acids is 2. The van der Waals surface area contributed by atoms with Crippen LogP contribution in [0.2, 0.25) is 0 Å². The molecule has 4 rings (SSSR count). The van der Waals surface area contributed by atoms with Gasteiger partial charge in [-0.05, 0) is 17.0 Å². The van der Waals surface area contributed by atoms with Gasteiger partial charge in [0.05, 0.1) is 11.4 Å². The van der Waals surface area contributed by atoms with E-state index >= 15 is 0 Å². The number of nitrogens with zero attached hydrogens (tertiary/aromatic N) is 5. The Kier molecular flexibility index (Phi) is 8.99. The standard InChI is InChI=1S/C23H27N5O3S.ClH/c1-26(16-18-6-3-2-4-7-18)22(29)10-9-21-24-20(25-31-21)17-27-11-13-28(14-12-27)23(30)19-8-5-15-32-19;/h2-8,15H,9-14,16-17H2,1H3;1H. The molecule has 0 radical (unpaired) electrons. The Morgan fingerprint density at radius 2 is 1.85 bits per heavy atom. The molecule has 0 atom stereocenters. The van der Waals surface area contributed by atoms with Gasteiger partial charge in [-0.2, -0.15) is 4.98 Å². The molecule has 1 aromatic carbocycles. The molecule has 0 bridgehead atoms. The van der Waals surface area contributed by atoms with E-state index in [0.29, 0.717) is 50.7 Å². The summed E-state index contributed by atoms with van der Waals surface area (Å²) in [6.07, 6.45) is 0.753. The first-order valence-corrected chi connectivity index (χ1v) is 11.6. The quantitative estimate of drug-likeness (QED) is 0.483. The van der Waals surface area contributed by atoms with E-state index in [-0.39, 0.29) is 24.2 Å². The van der Waals surface area contributed by atoms with Gasteiger partial charge in [-0.3, -0.25) is 14.5 Å². The molecule has 1 saturated heterocycles. The average Bonchev–Trinajstić information content (AvgIpc) is 3.51. The van der Waals surface area contributed by atoms with Gasteiger partial charge in [0, 0.05) is 52.6 Å². The fraction of sp³-hybridized carbons (Fsp3) is 0.391. The van der Waals surface area contributed by atoms with Crippen molar-refractivity contribution in [3.8, 4) is 0 Å². The molecule has 0 N–H and O–H groups in total. The van der Waals surface area contributed by atoms with E-state index in [4.69, 9.17) is 4.52 Å². The van der Waals surface area contributed by atoms with Crippen LogP contribution < -0.4 is 0 Å². The number of amides is 2. The van der Waals surface area contributed by atoms with Crippen LogP contribution in [0.15, 0.2) is 52.4 Å². The number of hydrogen-bond donors (Lipinski definition) is 0. The lowest BCUT2D eigenvalue weighted by atomic mass is 10.2. The number of piperazine rings is 1. The summed E-state index contributed by atoms with van der Waals surface area (Å²) in [5.74, 6) is 1.24. The van der Waals surface area contributed by atoms with E-state index in [1.165, 1.54) is 11.3 Å². The van der Waals surface area contributed by atoms with Gasteiger partial charge in [-0.15, -0.1) is 23.7 Å². The summed E-state index contributed by atoms with van der Waals surface area (Å²) in [5.41, 5.74) is 1.10. The number of benzene rings is 1. The highest BCUT2D eigenvalue weighted by Crippen LogP contribution is 2.15. The van der Waals surface area contributed by atoms with Gasteiger partial charge in [0.2, 0.25) is 11.8 Å². The molecular formula is C23H28ClN5O3S. The number of carbonyl (C=O) groups is 2. The Bertz CT molecular complexity index is 1020. The van der Waals surface area contributed by atoms with Crippen LogP contribution in [0.1, 0.15) is 33.4 Å². The summed E-state index contributed by atoms with van der Waals surface area (Å²) in [6, 6.07) is 13.7. The van der Waals surface area contributed by atoms with Crippen molar-refractivity contribution in [2.75, 3.05) is 33.2 Å². The molecular weight excluding hydrogens is 462 g/mol. The van der Waals surface area contributed by atoms with Crippen LogP contribution in [0.3, 0.4) is 0 Å². The molecule has 2 amide bonds. The fourth-order valence-corrected chi connectivity index (χ4v) is 4.36. The monoisotopic (exact) mass is 489 g/mol. The largest absolute Gasteiger partial charge is 0.341 e. The number of rotatable bonds is 8. The molecule has 10 heteroatoms. The zero-order chi connectivity index (χ0) is 22.3. The Hall–Kier alpha value is -2.75. The predicted molar refractivity (Wildman–Crippen MR) is 128 cm³/mol. The van der Waals surface area contributed by atoms with Gasteiger partial charge in [-0.25, -0.2) is 0 Å². The Balaban J connectivity index is 0.00000306. The van der Waals surface area contributed by atoms with Crippen LogP contribution >= 0.6 is 23.7 Å². The first-order valence-electron chi connectivity index (χ1n) is 10.7. The highest BCUT2D eigenvalue weighted by molar-refractivity contribution is 7.12. The Morgan fingerprint density at radius 1 is 1.09 bits per heavy atom. The number of aromatic nitrogens is 2. The molecule has 33 heavy (non-hydrogen) atoms. The summed E-state index contributed by atoms with van der Waals surface area (Å²) < 4.78 is 5.34. The third-order valence-electron chi connectivity index (χ3n) is 5.51. The first kappa shape index (κ1) is 24.9. The molecule has 1 aliphatic rings. The van der Waals surface area contributed by atoms with Crippen molar-refractivity contribution in [2.45, 2.75) is 25.9 Å². The molecule has 0 saturated carbocycles. The van der Waals surface area contributed by atoms with Crippen LogP contribution in [0.5, 0.6) is 0 Å². The van der Waals surface area contributed by atoms with Gasteiger partial charge >= 0.3 is 0 Å². The lowest BCUT2D eigenvalue weighted by Gasteiger charge is -2.33. The summed E-state index contributed by atoms with van der Waals surface area (Å²) in [6.45, 7) is 4.06. The zero-order valence-corrected chi connectivity index (χ0v) is 20.2. The minimum Gasteiger partial charge on any atom is -0.341 e. The summed E-state index contributed by atoms with van der Waals surface area (Å²) in [5, 5.41) is 5.99. The van der Waals surface area contributed by atoms with Crippen LogP contribution in [-0.2, 0) is 24.3 Å². The van der Waals surface area contributed by atoms with Crippen molar-refractivity contribution >= 4 is 35.6 Å². The lowest BCUT2D eigenvalue weighted by molar-refractivity contribution is -0.130. The first-order chi connectivity index (χ1) is 15.6. The second-order valence-corrected chi connectivity index (χ2v) is 8.83. The number of thiophene rings is 1. The summed E-state index contributed by atoms with van der Waals surface area (Å²) in [7, 11) is 1.80. The Labute approximate surface area is 203 Å². The zero-order valence-electron chi connectivity index (χ0n) is 18.6. The van der Waals surface area contributed by atoms with E-state index in [9.17, 15) is 9.59 Å². The van der Waals surface area contributed by atoms with Crippen molar-refractivity contribution < 1.29 is 14.1 Å². The third kappa shape index (κ3) is 6.86. The summed E-state index contributed by atoms with van der Waals surface area (Å²) in [4.78, 5) is 35.9. The van der Waals surface area contributed by atoms with Gasteiger partial charge in [0.1, 0.15) is 0 Å². The second-order valence-electron chi connectivity index (χ2n) is 7.89. The van der Waals surface area contributed by atoms with Crippen molar-refractivity contribution in [1.29, 1.82) is 0 Å². The lowest BCUT2D eigenvalue weighted by Crippen LogP contribution is -2.48. The smallest absolute Gasteiger partial charge is 0.264 e. The maximum atomic E-state index is 12.5. The van der Waals surface area contributed by atoms with Crippen LogP contribution in [-0.4, -0.2) is 69.9 Å². The van der Waals surface area contributed by atoms with Gasteiger partial charge < -0.3 is 14.3 Å². The van der Waals surface area contributed by atoms with Crippen LogP contribution in [0.4, 0.5) is 0 Å². The van der Waals surface area contributed by atoms with Crippen LogP contribution in [0, 0.1) is 0 Å². The fourth-order valence-electron chi connectivity index (χ4n) is 3.67. The summed E-state index contributed by atoms with van der Waals surface area (Å²) >= 11 is 1.48. The normalized spacial score (nSPS) is 14.0. The molecule has 3 aromatic rings. The molecule has 1 aliphatic heterocycles. The van der Waals surface area contributed by atoms with E-state index in [1.807, 2.05) is 52.7 Å². The van der Waals surface area contributed by atoms with E-state index in [2.05, 4.69) is 15.0 Å². The number of aryl methyl sites for hydroxylation is 1. The molecule has 0 unspecified atom stereocenters. The second kappa shape index (κ2) is 11.9. The molecule has 0 spiro atoms. The van der Waals surface area contributed by atoms with Gasteiger partial charge in [0.15, 0.2) is 5.82 Å². The van der Waals surface area contributed by atoms with E-state index < -0.39 is 0 Å². The van der Waals surface area contributed by atoms with Crippen molar-refractivity contribution in [3.63, 3.8) is 0 Å². The van der Waals surface area contributed by atoms with Crippen molar-refractivity contribution in [3.05, 3.63) is 70.0 Å². The minimum absolute atomic E-state index is 0. The third-order valence-corrected chi connectivity index (χ3v) is 6.37. The van der Waals surface area contributed by atoms with Gasteiger partial charge in [-0.1, -0.05) is 41.6 Å². The van der Waals surface area contributed by atoms with E-state index in [0.717, 1.165) is 23.5 Å². The molecule has 3 heterocycles. The average molecular weight is 490 g/mol. The van der Waals surface area contributed by atoms with Crippen molar-refractivity contribution in [2.24, 2.45) is 0 Å². The topological polar surface area (TPSA) is 82.8 Å². The Morgan fingerprint density at radius 3 is 2.55 bits per heavy atom. The molecule has 0 aliphatic carbocycles. The van der Waals surface area contributed by atoms with Crippen LogP contribution in [0.25, 0.3) is 0 Å². The van der Waals surface area contributed by atoms with Gasteiger partial charge in [0.25, 0.3) is 5.91 Å². The molecule has 176 valence electrons. The maximum Gasteiger partial charge on any atom is 0.264 e. The SMILES string of the molecule is CN(Cc1ccccc1)C(=O)CCc1nc(CN2CCN(C(=O)c3cccs3)CC2)no1.Cl. The predicted octanol–water partition coefficient (Wildman–Crippen LogP) is 3.10. The number of halogens is 1. The van der Waals surface area contributed by atoms with Crippen molar-refractivity contribution in [1.82, 2.24) is 24.8 Å². The van der Waals surface area contributed by atoms with E-state index in [1.54, 1.807) is 11.9 Å². The molecule has 2 aromatic heterocycles. The molecule has 1 fully saturated rings. The minimum atomic E-state index is 0. The maximum absolute atomic E-state index is 12.5. The number of hydrogen-bond acceptors (Lipinski definition) is 7. The highest BCUT2D eigenvalue weighted by Gasteiger charge is 2.23. The highest BCUT2D eigenvalue weighted by atomic mass is 35.5. The molecule has 8 nitrogen and oxygen atoms in total.